The van der Waals surface area contributed by atoms with Crippen LogP contribution in [0.15, 0.2) is 17.1 Å². The Bertz CT molecular complexity index is 1070. The van der Waals surface area contributed by atoms with Crippen molar-refractivity contribution in [3.63, 3.8) is 0 Å². The zero-order chi connectivity index (χ0) is 23.0. The molecule has 0 amide bonds. The molecule has 5 rings (SSSR count). The van der Waals surface area contributed by atoms with Crippen molar-refractivity contribution in [2.45, 2.75) is 45.6 Å². The maximum atomic E-state index is 15.4. The van der Waals surface area contributed by atoms with E-state index in [1.807, 2.05) is 18.7 Å². The summed E-state index contributed by atoms with van der Waals surface area (Å²) in [6.45, 7) is 7.48. The van der Waals surface area contributed by atoms with Crippen LogP contribution in [0.25, 0.3) is 10.9 Å². The minimum absolute atomic E-state index is 0.0185. The van der Waals surface area contributed by atoms with Gasteiger partial charge in [0, 0.05) is 38.9 Å². The number of aromatic nitrogens is 1. The summed E-state index contributed by atoms with van der Waals surface area (Å²) in [7, 11) is 1.73. The molecule has 174 valence electrons. The van der Waals surface area contributed by atoms with Crippen molar-refractivity contribution in [3.8, 4) is 5.75 Å². The molecule has 0 spiro atoms. The summed E-state index contributed by atoms with van der Waals surface area (Å²) < 4.78 is 22.9. The van der Waals surface area contributed by atoms with Crippen LogP contribution in [0.4, 0.5) is 10.1 Å². The summed E-state index contributed by atoms with van der Waals surface area (Å²) >= 11 is 0. The molecule has 0 bridgehead atoms. The highest BCUT2D eigenvalue weighted by Gasteiger charge is 2.32. The van der Waals surface area contributed by atoms with E-state index in [2.05, 4.69) is 4.90 Å². The van der Waals surface area contributed by atoms with Crippen molar-refractivity contribution in [2.24, 2.45) is 0 Å². The smallest absolute Gasteiger partial charge is 0.341 e. The number of anilines is 1. The standard InChI is InChI=1S/C21H25FN4O4.C2H6/c1-23-12-30-20-17-14(19(27)15(21(28)29)11-26(17)23)10-16(22)18(20)25-7-5-13-4-2-3-6-24(13)8-9-25;1-2/h10-11,13H,2-9,12H2,1H3,(H,28,29);1-2H3. The van der Waals surface area contributed by atoms with E-state index >= 15 is 4.39 Å². The first kappa shape index (κ1) is 22.4. The molecule has 8 nitrogen and oxygen atoms in total. The number of nitrogens with zero attached hydrogens (tertiary/aromatic N) is 4. The van der Waals surface area contributed by atoms with Crippen LogP contribution in [0.1, 0.15) is 49.9 Å². The predicted octanol–water partition coefficient (Wildman–Crippen LogP) is 2.85. The lowest BCUT2D eigenvalue weighted by Crippen LogP contribution is -2.41. The zero-order valence-corrected chi connectivity index (χ0v) is 18.9. The lowest BCUT2D eigenvalue weighted by molar-refractivity contribution is 0.0694. The topological polar surface area (TPSA) is 78.2 Å². The van der Waals surface area contributed by atoms with Crippen molar-refractivity contribution in [3.05, 3.63) is 33.9 Å². The van der Waals surface area contributed by atoms with Gasteiger partial charge in [0.25, 0.3) is 0 Å². The van der Waals surface area contributed by atoms with E-state index in [0.29, 0.717) is 36.1 Å². The summed E-state index contributed by atoms with van der Waals surface area (Å²) in [6, 6.07) is 1.70. The Morgan fingerprint density at radius 3 is 2.69 bits per heavy atom. The van der Waals surface area contributed by atoms with Crippen LogP contribution < -0.4 is 20.1 Å². The molecule has 1 aromatic heterocycles. The molecule has 32 heavy (non-hydrogen) atoms. The number of halogens is 1. The first-order chi connectivity index (χ1) is 15.5. The number of aromatic carboxylic acids is 1. The highest BCUT2D eigenvalue weighted by Crippen LogP contribution is 2.40. The van der Waals surface area contributed by atoms with Gasteiger partial charge in [0.2, 0.25) is 5.43 Å². The van der Waals surface area contributed by atoms with Gasteiger partial charge < -0.3 is 14.7 Å². The third-order valence-corrected chi connectivity index (χ3v) is 6.60. The molecule has 0 radical (unpaired) electrons. The largest absolute Gasteiger partial charge is 0.477 e. The summed E-state index contributed by atoms with van der Waals surface area (Å²) in [4.78, 5) is 28.8. The molecular weight excluding hydrogens is 415 g/mol. The molecule has 0 aliphatic carbocycles. The summed E-state index contributed by atoms with van der Waals surface area (Å²) in [5.74, 6) is -1.56. The van der Waals surface area contributed by atoms with Gasteiger partial charge in [-0.15, -0.1) is 0 Å². The van der Waals surface area contributed by atoms with Crippen LogP contribution in [0.5, 0.6) is 5.75 Å². The van der Waals surface area contributed by atoms with Gasteiger partial charge in [-0.2, -0.15) is 0 Å². The quantitative estimate of drug-likeness (QED) is 0.760. The Morgan fingerprint density at radius 2 is 1.94 bits per heavy atom. The van der Waals surface area contributed by atoms with Gasteiger partial charge in [-0.3, -0.25) is 19.4 Å². The Kier molecular flexibility index (Phi) is 6.28. The van der Waals surface area contributed by atoms with E-state index in [4.69, 9.17) is 4.74 Å². The van der Waals surface area contributed by atoms with Crippen LogP contribution in [0.3, 0.4) is 0 Å². The lowest BCUT2D eigenvalue weighted by Gasteiger charge is -2.34. The van der Waals surface area contributed by atoms with Gasteiger partial charge in [0.1, 0.15) is 16.8 Å². The van der Waals surface area contributed by atoms with E-state index in [9.17, 15) is 14.7 Å². The lowest BCUT2D eigenvalue weighted by atomic mass is 10.00. The van der Waals surface area contributed by atoms with Gasteiger partial charge >= 0.3 is 5.97 Å². The molecule has 9 heteroatoms. The van der Waals surface area contributed by atoms with Crippen LogP contribution >= 0.6 is 0 Å². The molecule has 2 fully saturated rings. The average molecular weight is 447 g/mol. The molecule has 1 N–H and O–H groups in total. The number of fused-ring (bicyclic) bond motifs is 1. The fourth-order valence-electron chi connectivity index (χ4n) is 5.04. The highest BCUT2D eigenvalue weighted by atomic mass is 19.1. The minimum Gasteiger partial charge on any atom is -0.477 e. The molecule has 2 saturated heterocycles. The van der Waals surface area contributed by atoms with Crippen LogP contribution in [0.2, 0.25) is 0 Å². The monoisotopic (exact) mass is 446 g/mol. The Hall–Kier alpha value is -2.81. The highest BCUT2D eigenvalue weighted by molar-refractivity contribution is 5.97. The maximum Gasteiger partial charge on any atom is 0.341 e. The normalized spacial score (nSPS) is 20.7. The third-order valence-electron chi connectivity index (χ3n) is 6.60. The summed E-state index contributed by atoms with van der Waals surface area (Å²) in [6.07, 6.45) is 5.88. The molecule has 1 aromatic carbocycles. The second kappa shape index (κ2) is 8.97. The second-order valence-corrected chi connectivity index (χ2v) is 8.35. The van der Waals surface area contributed by atoms with Gasteiger partial charge in [-0.1, -0.05) is 20.3 Å². The Labute approximate surface area is 186 Å². The number of ether oxygens (including phenoxy) is 1. The Morgan fingerprint density at radius 1 is 1.16 bits per heavy atom. The fourth-order valence-corrected chi connectivity index (χ4v) is 5.04. The number of carboxylic acid groups (broad SMARTS) is 1. The van der Waals surface area contributed by atoms with Crippen LogP contribution in [-0.4, -0.2) is 66.7 Å². The number of piperidine rings is 1. The van der Waals surface area contributed by atoms with Crippen molar-refractivity contribution in [2.75, 3.05) is 49.9 Å². The molecule has 1 atom stereocenters. The van der Waals surface area contributed by atoms with E-state index in [-0.39, 0.29) is 17.7 Å². The molecule has 3 aliphatic rings. The van der Waals surface area contributed by atoms with E-state index in [0.717, 1.165) is 19.5 Å². The van der Waals surface area contributed by atoms with Crippen LogP contribution in [0, 0.1) is 5.82 Å². The first-order valence-corrected chi connectivity index (χ1v) is 11.4. The fraction of sp³-hybridized carbons (Fsp3) is 0.565. The molecule has 3 aliphatic heterocycles. The Balaban J connectivity index is 0.00000119. The minimum atomic E-state index is -1.33. The van der Waals surface area contributed by atoms with Gasteiger partial charge in [0.05, 0.1) is 5.39 Å². The van der Waals surface area contributed by atoms with E-state index < -0.39 is 17.2 Å². The number of hydrogen-bond donors (Lipinski definition) is 1. The predicted molar refractivity (Wildman–Crippen MR) is 122 cm³/mol. The number of rotatable bonds is 2. The number of hydrogen-bond acceptors (Lipinski definition) is 6. The number of carbonyl (C=O) groups is 1. The van der Waals surface area contributed by atoms with E-state index in [1.54, 1.807) is 16.7 Å². The van der Waals surface area contributed by atoms with Gasteiger partial charge in [-0.25, -0.2) is 9.18 Å². The second-order valence-electron chi connectivity index (χ2n) is 8.35. The molecule has 2 aromatic rings. The SMILES string of the molecule is CC.CN1COc2c(N3CCC4CCCCN4CC3)c(F)cc3c(=O)c(C(=O)O)cn1c23. The van der Waals surface area contributed by atoms with Crippen LogP contribution in [-0.2, 0) is 0 Å². The molecule has 0 saturated carbocycles. The third kappa shape index (κ3) is 3.68. The van der Waals surface area contributed by atoms with E-state index in [1.165, 1.54) is 31.5 Å². The molecular formula is C23H31FN4O4. The summed E-state index contributed by atoms with van der Waals surface area (Å²) in [5.41, 5.74) is -0.308. The number of carboxylic acids is 1. The van der Waals surface area contributed by atoms with Crippen molar-refractivity contribution < 1.29 is 19.0 Å². The molecule has 1 unspecified atom stereocenters. The first-order valence-electron chi connectivity index (χ1n) is 11.4. The molecule has 4 heterocycles. The maximum absolute atomic E-state index is 15.4. The van der Waals surface area contributed by atoms with Gasteiger partial charge in [0.15, 0.2) is 18.3 Å². The average Bonchev–Trinajstić information content (AvgIpc) is 3.01. The number of pyridine rings is 1. The van der Waals surface area contributed by atoms with Crippen molar-refractivity contribution in [1.82, 2.24) is 9.58 Å². The van der Waals surface area contributed by atoms with Crippen molar-refractivity contribution in [1.29, 1.82) is 0 Å². The number of benzene rings is 1. The summed E-state index contributed by atoms with van der Waals surface area (Å²) in [5, 5.41) is 11.1. The zero-order valence-electron chi connectivity index (χ0n) is 18.9. The van der Waals surface area contributed by atoms with Crippen molar-refractivity contribution >= 4 is 22.6 Å². The van der Waals surface area contributed by atoms with Gasteiger partial charge in [-0.05, 0) is 31.9 Å².